The van der Waals surface area contributed by atoms with Crippen molar-refractivity contribution in [3.05, 3.63) is 23.8 Å². The zero-order valence-electron chi connectivity index (χ0n) is 9.33. The molecule has 1 atom stereocenters. The van der Waals surface area contributed by atoms with Gasteiger partial charge in [-0.2, -0.15) is 0 Å². The number of hydrogen-bond donors (Lipinski definition) is 1. The lowest BCUT2D eigenvalue weighted by molar-refractivity contribution is 0.171. The van der Waals surface area contributed by atoms with Crippen molar-refractivity contribution < 1.29 is 13.9 Å². The molecular weight excluding hydrogens is 209 g/mol. The Morgan fingerprint density at radius 3 is 2.69 bits per heavy atom. The Labute approximate surface area is 94.3 Å². The second-order valence-electron chi connectivity index (χ2n) is 4.44. The Balaban J connectivity index is 2.17. The van der Waals surface area contributed by atoms with E-state index in [2.05, 4.69) is 0 Å². The number of hydrogen-bond acceptors (Lipinski definition) is 3. The molecule has 0 spiro atoms. The summed E-state index contributed by atoms with van der Waals surface area (Å²) >= 11 is 0. The van der Waals surface area contributed by atoms with E-state index in [1.54, 1.807) is 6.92 Å². The van der Waals surface area contributed by atoms with Crippen LogP contribution in [0.25, 0.3) is 0 Å². The van der Waals surface area contributed by atoms with Crippen LogP contribution >= 0.6 is 0 Å². The van der Waals surface area contributed by atoms with E-state index < -0.39 is 12.2 Å². The monoisotopic (exact) mass is 225 g/mol. The van der Waals surface area contributed by atoms with E-state index in [9.17, 15) is 4.39 Å². The first-order valence-electron chi connectivity index (χ1n) is 5.34. The van der Waals surface area contributed by atoms with Gasteiger partial charge in [-0.15, -0.1) is 0 Å². The van der Waals surface area contributed by atoms with Gasteiger partial charge in [0.2, 0.25) is 0 Å². The van der Waals surface area contributed by atoms with Crippen LogP contribution in [0.4, 0.5) is 4.39 Å². The summed E-state index contributed by atoms with van der Waals surface area (Å²) in [6, 6.07) is 5.61. The molecule has 1 aromatic rings. The minimum absolute atomic E-state index is 0.486. The lowest BCUT2D eigenvalue weighted by atomic mass is 9.95. The highest BCUT2D eigenvalue weighted by molar-refractivity contribution is 5.44. The van der Waals surface area contributed by atoms with Gasteiger partial charge in [-0.05, 0) is 31.0 Å². The molecule has 1 aliphatic rings. The van der Waals surface area contributed by atoms with Crippen molar-refractivity contribution in [2.75, 3.05) is 19.9 Å². The lowest BCUT2D eigenvalue weighted by Gasteiger charge is -2.23. The summed E-state index contributed by atoms with van der Waals surface area (Å²) in [7, 11) is 0. The maximum absolute atomic E-state index is 12.6. The van der Waals surface area contributed by atoms with Crippen LogP contribution in [0.1, 0.15) is 12.5 Å². The van der Waals surface area contributed by atoms with Crippen LogP contribution in [-0.4, -0.2) is 25.4 Å². The highest BCUT2D eigenvalue weighted by atomic mass is 19.1. The Hall–Kier alpha value is -1.29. The number of rotatable bonds is 3. The average molecular weight is 225 g/mol. The van der Waals surface area contributed by atoms with E-state index in [1.165, 1.54) is 0 Å². The highest BCUT2D eigenvalue weighted by Gasteiger charge is 2.20. The second kappa shape index (κ2) is 4.29. The van der Waals surface area contributed by atoms with Crippen molar-refractivity contribution in [3.63, 3.8) is 0 Å². The van der Waals surface area contributed by atoms with Crippen LogP contribution in [0.5, 0.6) is 11.5 Å². The number of alkyl halides is 1. The third-order valence-corrected chi connectivity index (χ3v) is 2.52. The molecule has 16 heavy (non-hydrogen) atoms. The zero-order chi connectivity index (χ0) is 11.6. The third kappa shape index (κ3) is 2.44. The summed E-state index contributed by atoms with van der Waals surface area (Å²) in [5.41, 5.74) is 5.93. The van der Waals surface area contributed by atoms with E-state index in [0.29, 0.717) is 19.6 Å². The Bertz CT molecular complexity index is 379. The zero-order valence-corrected chi connectivity index (χ0v) is 9.33. The summed E-state index contributed by atoms with van der Waals surface area (Å²) in [6.45, 7) is 2.29. The van der Waals surface area contributed by atoms with E-state index in [-0.39, 0.29) is 0 Å². The van der Waals surface area contributed by atoms with Crippen molar-refractivity contribution >= 4 is 0 Å². The molecule has 0 fully saturated rings. The number of nitrogens with two attached hydrogens (primary N) is 1. The molecule has 0 saturated heterocycles. The summed E-state index contributed by atoms with van der Waals surface area (Å²) in [5, 5.41) is 0. The molecule has 2 N–H and O–H groups in total. The number of halogens is 1. The van der Waals surface area contributed by atoms with Gasteiger partial charge in [0, 0.05) is 5.54 Å². The van der Waals surface area contributed by atoms with Crippen LogP contribution in [0.3, 0.4) is 0 Å². The Morgan fingerprint density at radius 2 is 2.00 bits per heavy atom. The van der Waals surface area contributed by atoms with Crippen molar-refractivity contribution in [1.29, 1.82) is 0 Å². The van der Waals surface area contributed by atoms with E-state index in [0.717, 1.165) is 17.1 Å². The third-order valence-electron chi connectivity index (χ3n) is 2.52. The summed E-state index contributed by atoms with van der Waals surface area (Å²) in [4.78, 5) is 0. The molecule has 1 unspecified atom stereocenters. The molecule has 1 heterocycles. The number of ether oxygens (including phenoxy) is 2. The maximum atomic E-state index is 12.6. The molecule has 1 aromatic carbocycles. The predicted octanol–water partition coefficient (Wildman–Crippen LogP) is 1.69. The summed E-state index contributed by atoms with van der Waals surface area (Å²) < 4.78 is 23.5. The van der Waals surface area contributed by atoms with Crippen LogP contribution in [0.15, 0.2) is 18.2 Å². The lowest BCUT2D eigenvalue weighted by Crippen LogP contribution is -2.40. The smallest absolute Gasteiger partial charge is 0.161 e. The number of fused-ring (bicyclic) bond motifs is 1. The molecule has 0 amide bonds. The van der Waals surface area contributed by atoms with Gasteiger partial charge in [-0.25, -0.2) is 4.39 Å². The van der Waals surface area contributed by atoms with Gasteiger partial charge in [-0.3, -0.25) is 0 Å². The van der Waals surface area contributed by atoms with E-state index in [4.69, 9.17) is 15.2 Å². The predicted molar refractivity (Wildman–Crippen MR) is 59.7 cm³/mol. The van der Waals surface area contributed by atoms with Gasteiger partial charge < -0.3 is 15.2 Å². The molecule has 0 bridgehead atoms. The largest absolute Gasteiger partial charge is 0.486 e. The molecule has 0 aromatic heterocycles. The van der Waals surface area contributed by atoms with Crippen LogP contribution in [0.2, 0.25) is 0 Å². The minimum Gasteiger partial charge on any atom is -0.486 e. The van der Waals surface area contributed by atoms with Crippen molar-refractivity contribution in [2.45, 2.75) is 18.9 Å². The summed E-state index contributed by atoms with van der Waals surface area (Å²) in [6.07, 6.45) is 0.486. The molecular formula is C12H16FNO2. The van der Waals surface area contributed by atoms with Gasteiger partial charge in [0.1, 0.15) is 19.9 Å². The van der Waals surface area contributed by atoms with Crippen LogP contribution in [-0.2, 0) is 6.42 Å². The SMILES string of the molecule is CC(N)(CF)Cc1ccc2c(c1)OCCO2. The maximum Gasteiger partial charge on any atom is 0.161 e. The van der Waals surface area contributed by atoms with Crippen molar-refractivity contribution in [3.8, 4) is 11.5 Å². The Morgan fingerprint density at radius 1 is 1.31 bits per heavy atom. The first kappa shape index (κ1) is 11.2. The molecule has 4 heteroatoms. The highest BCUT2D eigenvalue weighted by Crippen LogP contribution is 2.31. The second-order valence-corrected chi connectivity index (χ2v) is 4.44. The molecule has 3 nitrogen and oxygen atoms in total. The quantitative estimate of drug-likeness (QED) is 0.851. The van der Waals surface area contributed by atoms with Crippen molar-refractivity contribution in [2.24, 2.45) is 5.73 Å². The van der Waals surface area contributed by atoms with Crippen LogP contribution < -0.4 is 15.2 Å². The van der Waals surface area contributed by atoms with Gasteiger partial charge in [-0.1, -0.05) is 6.07 Å². The molecule has 88 valence electrons. The fourth-order valence-electron chi connectivity index (χ4n) is 1.71. The topological polar surface area (TPSA) is 44.5 Å². The molecule has 0 saturated carbocycles. The first-order chi connectivity index (χ1) is 7.61. The first-order valence-corrected chi connectivity index (χ1v) is 5.34. The Kier molecular flexibility index (Phi) is 3.01. The molecule has 1 aliphatic heterocycles. The van der Waals surface area contributed by atoms with Crippen molar-refractivity contribution in [1.82, 2.24) is 0 Å². The van der Waals surface area contributed by atoms with E-state index >= 15 is 0 Å². The van der Waals surface area contributed by atoms with Gasteiger partial charge in [0.05, 0.1) is 0 Å². The fraction of sp³-hybridized carbons (Fsp3) is 0.500. The normalized spacial score (nSPS) is 17.9. The minimum atomic E-state index is -0.816. The molecule has 0 aliphatic carbocycles. The summed E-state index contributed by atoms with van der Waals surface area (Å²) in [5.74, 6) is 1.47. The van der Waals surface area contributed by atoms with E-state index in [1.807, 2.05) is 18.2 Å². The number of benzene rings is 1. The van der Waals surface area contributed by atoms with Gasteiger partial charge in [0.25, 0.3) is 0 Å². The molecule has 0 radical (unpaired) electrons. The molecule has 2 rings (SSSR count). The van der Waals surface area contributed by atoms with Gasteiger partial charge >= 0.3 is 0 Å². The average Bonchev–Trinajstić information content (AvgIpc) is 2.28. The van der Waals surface area contributed by atoms with Gasteiger partial charge in [0.15, 0.2) is 11.5 Å². The fourth-order valence-corrected chi connectivity index (χ4v) is 1.71. The standard InChI is InChI=1S/C12H16FNO2/c1-12(14,8-13)7-9-2-3-10-11(6-9)16-5-4-15-10/h2-3,6H,4-5,7-8,14H2,1H3. The van der Waals surface area contributed by atoms with Crippen LogP contribution in [0, 0.1) is 0 Å².